The quantitative estimate of drug-likeness (QED) is 0.168. The van der Waals surface area contributed by atoms with Gasteiger partial charge in [-0.05, 0) is 128 Å². The van der Waals surface area contributed by atoms with Crippen molar-refractivity contribution in [1.29, 1.82) is 0 Å². The van der Waals surface area contributed by atoms with Crippen LogP contribution in [0.15, 0.2) is 115 Å². The minimum atomic E-state index is -0.352. The van der Waals surface area contributed by atoms with Gasteiger partial charge in [0.2, 0.25) is 0 Å². The van der Waals surface area contributed by atoms with E-state index in [2.05, 4.69) is 86.1 Å². The minimum absolute atomic E-state index is 0.352. The highest BCUT2D eigenvalue weighted by Gasteiger charge is 2.21. The first-order valence-corrected chi connectivity index (χ1v) is 19.0. The summed E-state index contributed by atoms with van der Waals surface area (Å²) in [6, 6.07) is 39.6. The molecule has 0 bridgehead atoms. The minimum Gasteiger partial charge on any atom is -0.206 e. The highest BCUT2D eigenvalue weighted by molar-refractivity contribution is 5.64. The molecule has 0 spiro atoms. The Morgan fingerprint density at radius 1 is 0.431 bits per heavy atom. The fraction of sp³-hybridized carbons (Fsp3) is 0.320. The van der Waals surface area contributed by atoms with Gasteiger partial charge in [-0.25, -0.2) is 4.39 Å². The summed E-state index contributed by atoms with van der Waals surface area (Å²) >= 11 is 0. The lowest BCUT2D eigenvalue weighted by atomic mass is 9.79. The van der Waals surface area contributed by atoms with Gasteiger partial charge in [0.15, 0.2) is 0 Å². The standard InChI is InChI=1S/C26H34.C24H17F/c1-19-3-7-21(8-4-19)23-11-15-25(16-12-23)26-17-13-24(14-18-26)22-9-5-20(2)6-10-22;1-18-3-7-20(8-4-18)11-12-22-14-16-23(24(25)17-22)15-13-21-9-5-19(2)6-10-21/h11-22H,3-10H2,1-2H3;3-10,14,16-17H,1-2H3. The third kappa shape index (κ3) is 10.3. The van der Waals surface area contributed by atoms with Gasteiger partial charge >= 0.3 is 0 Å². The van der Waals surface area contributed by atoms with E-state index in [0.717, 1.165) is 34.8 Å². The van der Waals surface area contributed by atoms with E-state index in [1.54, 1.807) is 23.3 Å². The number of halogens is 1. The van der Waals surface area contributed by atoms with Crippen LogP contribution in [0.1, 0.15) is 122 Å². The van der Waals surface area contributed by atoms with Crippen LogP contribution in [-0.4, -0.2) is 0 Å². The molecule has 0 atom stereocenters. The number of rotatable bonds is 3. The normalized spacial score (nSPS) is 19.7. The Morgan fingerprint density at radius 2 is 0.804 bits per heavy atom. The average molecular weight is 671 g/mol. The Balaban J connectivity index is 0.000000176. The van der Waals surface area contributed by atoms with Gasteiger partial charge in [-0.1, -0.05) is 147 Å². The third-order valence-corrected chi connectivity index (χ3v) is 10.9. The van der Waals surface area contributed by atoms with Crippen molar-refractivity contribution < 1.29 is 4.39 Å². The van der Waals surface area contributed by atoms with Crippen LogP contribution in [0.5, 0.6) is 0 Å². The average Bonchev–Trinajstić information content (AvgIpc) is 3.16. The van der Waals surface area contributed by atoms with Crippen LogP contribution in [0.4, 0.5) is 4.39 Å². The first kappa shape index (κ1) is 36.0. The largest absolute Gasteiger partial charge is 0.206 e. The van der Waals surface area contributed by atoms with Crippen LogP contribution in [0.3, 0.4) is 0 Å². The molecule has 51 heavy (non-hydrogen) atoms. The molecule has 0 radical (unpaired) electrons. The first-order valence-electron chi connectivity index (χ1n) is 19.0. The lowest BCUT2D eigenvalue weighted by Crippen LogP contribution is -2.10. The van der Waals surface area contributed by atoms with Gasteiger partial charge in [-0.2, -0.15) is 0 Å². The molecule has 2 saturated carbocycles. The molecule has 0 N–H and O–H groups in total. The van der Waals surface area contributed by atoms with Gasteiger partial charge in [0.25, 0.3) is 0 Å². The molecule has 5 aromatic carbocycles. The SMILES string of the molecule is CC1CCC(c2ccc(-c3ccc(C4CCC(C)CC4)cc3)cc2)CC1.Cc1ccc(C#Cc2ccc(C#Cc3ccc(C)cc3)c(F)c2)cc1. The summed E-state index contributed by atoms with van der Waals surface area (Å²) < 4.78 is 14.2. The van der Waals surface area contributed by atoms with Crippen molar-refractivity contribution in [3.63, 3.8) is 0 Å². The van der Waals surface area contributed by atoms with Gasteiger partial charge in [0.05, 0.1) is 5.56 Å². The van der Waals surface area contributed by atoms with E-state index < -0.39 is 0 Å². The van der Waals surface area contributed by atoms with E-state index >= 15 is 0 Å². The maximum absolute atomic E-state index is 14.2. The van der Waals surface area contributed by atoms with E-state index in [1.165, 1.54) is 79.7 Å². The van der Waals surface area contributed by atoms with Gasteiger partial charge < -0.3 is 0 Å². The molecule has 258 valence electrons. The Morgan fingerprint density at radius 3 is 1.22 bits per heavy atom. The molecular weight excluding hydrogens is 620 g/mol. The van der Waals surface area contributed by atoms with Crippen LogP contribution in [0.25, 0.3) is 11.1 Å². The molecule has 2 fully saturated rings. The second-order valence-corrected chi connectivity index (χ2v) is 15.1. The van der Waals surface area contributed by atoms with Crippen LogP contribution in [-0.2, 0) is 0 Å². The maximum Gasteiger partial charge on any atom is 0.140 e. The summed E-state index contributed by atoms with van der Waals surface area (Å²) in [7, 11) is 0. The molecule has 1 heteroatoms. The van der Waals surface area contributed by atoms with Gasteiger partial charge in [0, 0.05) is 16.7 Å². The number of aryl methyl sites for hydroxylation is 2. The predicted molar refractivity (Wildman–Crippen MR) is 213 cm³/mol. The molecule has 5 aromatic rings. The Labute approximate surface area is 306 Å². The fourth-order valence-electron chi connectivity index (χ4n) is 7.33. The zero-order valence-corrected chi connectivity index (χ0v) is 30.8. The van der Waals surface area contributed by atoms with Crippen molar-refractivity contribution in [2.75, 3.05) is 0 Å². The molecule has 0 nitrogen and oxygen atoms in total. The molecule has 0 heterocycles. The zero-order valence-electron chi connectivity index (χ0n) is 30.8. The second-order valence-electron chi connectivity index (χ2n) is 15.1. The lowest BCUT2D eigenvalue weighted by molar-refractivity contribution is 0.348. The molecule has 2 aliphatic carbocycles. The molecule has 0 aliphatic heterocycles. The lowest BCUT2D eigenvalue weighted by Gasteiger charge is -2.27. The maximum atomic E-state index is 14.2. The summed E-state index contributed by atoms with van der Waals surface area (Å²) in [4.78, 5) is 0. The highest BCUT2D eigenvalue weighted by Crippen LogP contribution is 2.38. The summed E-state index contributed by atoms with van der Waals surface area (Å²) in [5.41, 5.74) is 11.0. The van der Waals surface area contributed by atoms with E-state index in [4.69, 9.17) is 0 Å². The molecule has 0 saturated heterocycles. The van der Waals surface area contributed by atoms with Crippen molar-refractivity contribution in [2.24, 2.45) is 11.8 Å². The zero-order chi connectivity index (χ0) is 35.6. The first-order chi connectivity index (χ1) is 24.8. The molecule has 0 aromatic heterocycles. The monoisotopic (exact) mass is 670 g/mol. The molecule has 0 amide bonds. The van der Waals surface area contributed by atoms with Crippen molar-refractivity contribution in [3.05, 3.63) is 166 Å². The van der Waals surface area contributed by atoms with Crippen LogP contribution >= 0.6 is 0 Å². The van der Waals surface area contributed by atoms with E-state index in [9.17, 15) is 4.39 Å². The number of benzene rings is 5. The molecular formula is C50H51F. The summed E-state index contributed by atoms with van der Waals surface area (Å²) in [6.07, 6.45) is 11.1. The van der Waals surface area contributed by atoms with Crippen molar-refractivity contribution in [1.82, 2.24) is 0 Å². The van der Waals surface area contributed by atoms with Crippen LogP contribution in [0, 0.1) is 55.2 Å². The topological polar surface area (TPSA) is 0 Å². The predicted octanol–water partition coefficient (Wildman–Crippen LogP) is 13.2. The molecule has 7 rings (SSSR count). The summed E-state index contributed by atoms with van der Waals surface area (Å²) in [5, 5.41) is 0. The fourth-order valence-corrected chi connectivity index (χ4v) is 7.33. The molecule has 2 aliphatic rings. The van der Waals surface area contributed by atoms with Crippen LogP contribution in [0.2, 0.25) is 0 Å². The van der Waals surface area contributed by atoms with E-state index in [0.29, 0.717) is 11.1 Å². The number of hydrogen-bond acceptors (Lipinski definition) is 0. The van der Waals surface area contributed by atoms with E-state index in [1.807, 2.05) is 62.4 Å². The summed E-state index contributed by atoms with van der Waals surface area (Å²) in [5.74, 6) is 15.0. The Hall–Kier alpha value is -4.85. The molecule has 0 unspecified atom stereocenters. The summed E-state index contributed by atoms with van der Waals surface area (Å²) in [6.45, 7) is 8.85. The van der Waals surface area contributed by atoms with Crippen molar-refractivity contribution in [3.8, 4) is 34.8 Å². The van der Waals surface area contributed by atoms with Crippen LogP contribution < -0.4 is 0 Å². The Bertz CT molecular complexity index is 1910. The smallest absolute Gasteiger partial charge is 0.140 e. The van der Waals surface area contributed by atoms with Gasteiger partial charge in [-0.3, -0.25) is 0 Å². The highest BCUT2D eigenvalue weighted by atomic mass is 19.1. The van der Waals surface area contributed by atoms with Gasteiger partial charge in [0.1, 0.15) is 5.82 Å². The third-order valence-electron chi connectivity index (χ3n) is 10.9. The van der Waals surface area contributed by atoms with Crippen molar-refractivity contribution in [2.45, 2.75) is 90.9 Å². The van der Waals surface area contributed by atoms with E-state index in [-0.39, 0.29) is 5.82 Å². The van der Waals surface area contributed by atoms with Gasteiger partial charge in [-0.15, -0.1) is 0 Å². The Kier molecular flexibility index (Phi) is 12.3. The number of hydrogen-bond donors (Lipinski definition) is 0. The van der Waals surface area contributed by atoms with Crippen molar-refractivity contribution >= 4 is 0 Å². The second kappa shape index (κ2) is 17.4.